The Morgan fingerprint density at radius 2 is 2.00 bits per heavy atom. The first-order valence-corrected chi connectivity index (χ1v) is 9.35. The van der Waals surface area contributed by atoms with Crippen molar-refractivity contribution in [3.63, 3.8) is 0 Å². The zero-order valence-electron chi connectivity index (χ0n) is 13.3. The predicted molar refractivity (Wildman–Crippen MR) is 92.1 cm³/mol. The van der Waals surface area contributed by atoms with E-state index in [1.807, 2.05) is 6.07 Å². The molecule has 1 heterocycles. The van der Waals surface area contributed by atoms with Crippen LogP contribution < -0.4 is 0 Å². The molecule has 126 valence electrons. The fraction of sp³-hybridized carbons (Fsp3) is 0.158. The van der Waals surface area contributed by atoms with Crippen LogP contribution in [0.5, 0.6) is 0 Å². The Morgan fingerprint density at radius 1 is 1.20 bits per heavy atom. The third kappa shape index (κ3) is 3.78. The number of sulfone groups is 1. The average molecular weight is 353 g/mol. The van der Waals surface area contributed by atoms with Gasteiger partial charge in [-0.3, -0.25) is 0 Å². The zero-order chi connectivity index (χ0) is 17.9. The molecular formula is C19H15NO4S. The Morgan fingerprint density at radius 3 is 2.80 bits per heavy atom. The summed E-state index contributed by atoms with van der Waals surface area (Å²) < 4.78 is 29.6. The van der Waals surface area contributed by atoms with E-state index in [2.05, 4.69) is 0 Å². The summed E-state index contributed by atoms with van der Waals surface area (Å²) in [5.74, 6) is -0.600. The van der Waals surface area contributed by atoms with Crippen LogP contribution in [0.4, 0.5) is 0 Å². The molecule has 0 saturated carbocycles. The lowest BCUT2D eigenvalue weighted by Crippen LogP contribution is -2.23. The fourth-order valence-corrected chi connectivity index (χ4v) is 4.32. The number of ether oxygens (including phenoxy) is 1. The summed E-state index contributed by atoms with van der Waals surface area (Å²) >= 11 is 0. The van der Waals surface area contributed by atoms with Gasteiger partial charge in [-0.05, 0) is 29.8 Å². The molecule has 0 fully saturated rings. The van der Waals surface area contributed by atoms with Crippen molar-refractivity contribution < 1.29 is 17.9 Å². The van der Waals surface area contributed by atoms with Crippen molar-refractivity contribution in [2.45, 2.75) is 17.4 Å². The highest BCUT2D eigenvalue weighted by Crippen LogP contribution is 2.34. The van der Waals surface area contributed by atoms with Crippen molar-refractivity contribution >= 4 is 21.9 Å². The summed E-state index contributed by atoms with van der Waals surface area (Å²) in [4.78, 5) is 12.3. The van der Waals surface area contributed by atoms with Gasteiger partial charge < -0.3 is 4.74 Å². The minimum atomic E-state index is -3.31. The predicted octanol–water partition coefficient (Wildman–Crippen LogP) is 3.03. The number of benzene rings is 2. The Bertz CT molecular complexity index is 986. The van der Waals surface area contributed by atoms with Crippen molar-refractivity contribution in [1.82, 2.24) is 0 Å². The molecule has 0 spiro atoms. The lowest BCUT2D eigenvalue weighted by atomic mass is 10.1. The molecule has 6 heteroatoms. The highest BCUT2D eigenvalue weighted by atomic mass is 32.2. The highest BCUT2D eigenvalue weighted by molar-refractivity contribution is 7.91. The summed E-state index contributed by atoms with van der Waals surface area (Å²) in [5.41, 5.74) is 1.73. The van der Waals surface area contributed by atoms with Crippen LogP contribution in [0, 0.1) is 11.3 Å². The van der Waals surface area contributed by atoms with Gasteiger partial charge >= 0.3 is 5.97 Å². The maximum atomic E-state index is 12.1. The van der Waals surface area contributed by atoms with E-state index >= 15 is 0 Å². The topological polar surface area (TPSA) is 84.2 Å². The standard InChI is InChI=1S/C19H15NO4S/c20-13-15-5-3-4-14(12-15)8-9-19(21)24-17-10-11-25(22,23)18-7-2-1-6-16(17)18/h1-9,12,17H,10-11H2/b9-8+. The van der Waals surface area contributed by atoms with Crippen LogP contribution in [-0.4, -0.2) is 20.1 Å². The fourth-order valence-electron chi connectivity index (χ4n) is 2.74. The Kier molecular flexibility index (Phi) is 4.68. The minimum absolute atomic E-state index is 0.0457. The number of rotatable bonds is 3. The maximum absolute atomic E-state index is 12.1. The average Bonchev–Trinajstić information content (AvgIpc) is 2.63. The summed E-state index contributed by atoms with van der Waals surface area (Å²) in [5, 5.41) is 8.88. The van der Waals surface area contributed by atoms with E-state index < -0.39 is 21.9 Å². The van der Waals surface area contributed by atoms with Crippen molar-refractivity contribution in [1.29, 1.82) is 5.26 Å². The van der Waals surface area contributed by atoms with Crippen molar-refractivity contribution in [3.05, 3.63) is 71.3 Å². The number of hydrogen-bond donors (Lipinski definition) is 0. The molecule has 0 N–H and O–H groups in total. The molecule has 0 bridgehead atoms. The molecule has 1 aliphatic rings. The first-order chi connectivity index (χ1) is 12.0. The smallest absolute Gasteiger partial charge is 0.331 e. The van der Waals surface area contributed by atoms with E-state index in [1.54, 1.807) is 48.5 Å². The van der Waals surface area contributed by atoms with Crippen LogP contribution in [0.3, 0.4) is 0 Å². The molecule has 2 aromatic carbocycles. The molecule has 5 nitrogen and oxygen atoms in total. The number of nitrogens with zero attached hydrogens (tertiary/aromatic N) is 1. The van der Waals surface area contributed by atoms with Gasteiger partial charge in [0, 0.05) is 18.1 Å². The summed E-state index contributed by atoms with van der Waals surface area (Å²) in [6, 6.07) is 15.5. The molecular weight excluding hydrogens is 338 g/mol. The normalized spacial score (nSPS) is 18.3. The quantitative estimate of drug-likeness (QED) is 0.625. The zero-order valence-corrected chi connectivity index (χ0v) is 14.1. The second kappa shape index (κ2) is 6.91. The third-order valence-electron chi connectivity index (χ3n) is 3.94. The summed E-state index contributed by atoms with van der Waals surface area (Å²) in [7, 11) is -3.31. The number of fused-ring (bicyclic) bond motifs is 1. The van der Waals surface area contributed by atoms with Gasteiger partial charge in [-0.2, -0.15) is 5.26 Å². The Balaban J connectivity index is 1.75. The van der Waals surface area contributed by atoms with Crippen LogP contribution in [0.2, 0.25) is 0 Å². The van der Waals surface area contributed by atoms with Gasteiger partial charge in [-0.1, -0.05) is 30.3 Å². The van der Waals surface area contributed by atoms with Gasteiger partial charge in [0.05, 0.1) is 22.3 Å². The molecule has 0 radical (unpaired) electrons. The van der Waals surface area contributed by atoms with Crippen LogP contribution >= 0.6 is 0 Å². The lowest BCUT2D eigenvalue weighted by molar-refractivity contribution is -0.143. The molecule has 1 atom stereocenters. The Labute approximate surface area is 146 Å². The van der Waals surface area contributed by atoms with Crippen LogP contribution in [-0.2, 0) is 19.4 Å². The van der Waals surface area contributed by atoms with Gasteiger partial charge in [0.1, 0.15) is 6.10 Å². The molecule has 2 aromatic rings. The summed E-state index contributed by atoms with van der Waals surface area (Å²) in [6.07, 6.45) is 2.50. The second-order valence-electron chi connectivity index (χ2n) is 5.64. The van der Waals surface area contributed by atoms with Gasteiger partial charge in [0.15, 0.2) is 9.84 Å². The minimum Gasteiger partial charge on any atom is -0.454 e. The number of hydrogen-bond acceptors (Lipinski definition) is 5. The SMILES string of the molecule is N#Cc1cccc(/C=C/C(=O)OC2CCS(=O)(=O)c3ccccc32)c1. The van der Waals surface area contributed by atoms with Crippen molar-refractivity contribution in [2.24, 2.45) is 0 Å². The maximum Gasteiger partial charge on any atom is 0.331 e. The first kappa shape index (κ1) is 16.9. The number of esters is 1. The highest BCUT2D eigenvalue weighted by Gasteiger charge is 2.31. The van der Waals surface area contributed by atoms with Crippen LogP contribution in [0.15, 0.2) is 59.5 Å². The van der Waals surface area contributed by atoms with E-state index in [-0.39, 0.29) is 17.1 Å². The van der Waals surface area contributed by atoms with Crippen molar-refractivity contribution in [3.8, 4) is 6.07 Å². The van der Waals surface area contributed by atoms with E-state index in [0.717, 1.165) is 0 Å². The van der Waals surface area contributed by atoms with E-state index in [0.29, 0.717) is 16.7 Å². The van der Waals surface area contributed by atoms with E-state index in [4.69, 9.17) is 10.00 Å². The van der Waals surface area contributed by atoms with Crippen LogP contribution in [0.1, 0.15) is 29.2 Å². The first-order valence-electron chi connectivity index (χ1n) is 7.70. The molecule has 0 aromatic heterocycles. The summed E-state index contributed by atoms with van der Waals surface area (Å²) in [6.45, 7) is 0. The molecule has 25 heavy (non-hydrogen) atoms. The van der Waals surface area contributed by atoms with Gasteiger partial charge in [0.25, 0.3) is 0 Å². The van der Waals surface area contributed by atoms with Gasteiger partial charge in [0.2, 0.25) is 0 Å². The van der Waals surface area contributed by atoms with Crippen LogP contribution in [0.25, 0.3) is 6.08 Å². The molecule has 0 amide bonds. The second-order valence-corrected chi connectivity index (χ2v) is 7.72. The number of nitriles is 1. The number of carbonyl (C=O) groups excluding carboxylic acids is 1. The largest absolute Gasteiger partial charge is 0.454 e. The van der Waals surface area contributed by atoms with E-state index in [1.165, 1.54) is 12.1 Å². The van der Waals surface area contributed by atoms with E-state index in [9.17, 15) is 13.2 Å². The monoisotopic (exact) mass is 353 g/mol. The number of carbonyl (C=O) groups is 1. The molecule has 1 aliphatic heterocycles. The molecule has 1 unspecified atom stereocenters. The van der Waals surface area contributed by atoms with Crippen molar-refractivity contribution in [2.75, 3.05) is 5.75 Å². The Hall–Kier alpha value is -2.91. The molecule has 0 aliphatic carbocycles. The lowest BCUT2D eigenvalue weighted by Gasteiger charge is -2.24. The molecule has 0 saturated heterocycles. The molecule has 3 rings (SSSR count). The van der Waals surface area contributed by atoms with Gasteiger partial charge in [-0.25, -0.2) is 13.2 Å². The van der Waals surface area contributed by atoms with Gasteiger partial charge in [-0.15, -0.1) is 0 Å². The third-order valence-corrected chi connectivity index (χ3v) is 5.75.